The lowest BCUT2D eigenvalue weighted by molar-refractivity contribution is 0.548. The molecule has 0 saturated carbocycles. The summed E-state index contributed by atoms with van der Waals surface area (Å²) in [7, 11) is 0. The second kappa shape index (κ2) is 3.60. The number of nitriles is 1. The summed E-state index contributed by atoms with van der Waals surface area (Å²) in [4.78, 5) is 7.87. The number of pyridine rings is 1. The minimum atomic E-state index is 0.247. The molecular formula is C9H4BrN3O. The molecule has 68 valence electrons. The average Bonchev–Trinajstić information content (AvgIpc) is 2.61. The van der Waals surface area contributed by atoms with E-state index in [0.717, 1.165) is 5.56 Å². The summed E-state index contributed by atoms with van der Waals surface area (Å²) in [5.74, 6) is 0.413. The molecular weight excluding hydrogens is 246 g/mol. The molecule has 0 aliphatic heterocycles. The molecule has 4 nitrogen and oxygen atoms in total. The minimum Gasteiger partial charge on any atom is -0.428 e. The van der Waals surface area contributed by atoms with Gasteiger partial charge in [0.25, 0.3) is 0 Å². The fourth-order valence-corrected chi connectivity index (χ4v) is 1.32. The molecule has 5 heteroatoms. The predicted octanol–water partition coefficient (Wildman–Crippen LogP) is 2.37. The van der Waals surface area contributed by atoms with Gasteiger partial charge in [0.15, 0.2) is 5.69 Å². The van der Waals surface area contributed by atoms with Crippen molar-refractivity contribution in [1.29, 1.82) is 5.26 Å². The first-order valence-electron chi connectivity index (χ1n) is 3.78. The van der Waals surface area contributed by atoms with E-state index in [1.54, 1.807) is 24.5 Å². The molecule has 0 aliphatic carbocycles. The molecule has 0 amide bonds. The van der Waals surface area contributed by atoms with Gasteiger partial charge in [0.2, 0.25) is 10.6 Å². The van der Waals surface area contributed by atoms with Crippen molar-refractivity contribution in [2.75, 3.05) is 0 Å². The largest absolute Gasteiger partial charge is 0.428 e. The van der Waals surface area contributed by atoms with Crippen LogP contribution in [-0.4, -0.2) is 9.97 Å². The third-order valence-electron chi connectivity index (χ3n) is 1.62. The Bertz CT molecular complexity index is 487. The minimum absolute atomic E-state index is 0.247. The van der Waals surface area contributed by atoms with Crippen LogP contribution in [-0.2, 0) is 0 Å². The molecule has 0 fully saturated rings. The summed E-state index contributed by atoms with van der Waals surface area (Å²) in [6.07, 6.45) is 3.28. The molecule has 0 radical (unpaired) electrons. The molecule has 0 spiro atoms. The highest BCUT2D eigenvalue weighted by atomic mass is 79.9. The number of hydrogen-bond acceptors (Lipinski definition) is 4. The van der Waals surface area contributed by atoms with Crippen molar-refractivity contribution in [1.82, 2.24) is 9.97 Å². The Morgan fingerprint density at radius 3 is 2.64 bits per heavy atom. The van der Waals surface area contributed by atoms with E-state index in [9.17, 15) is 0 Å². The van der Waals surface area contributed by atoms with Crippen LogP contribution in [0, 0.1) is 11.3 Å². The van der Waals surface area contributed by atoms with Crippen molar-refractivity contribution in [2.24, 2.45) is 0 Å². The van der Waals surface area contributed by atoms with Crippen LogP contribution >= 0.6 is 15.9 Å². The summed E-state index contributed by atoms with van der Waals surface area (Å²) in [5, 5.41) is 8.66. The predicted molar refractivity (Wildman–Crippen MR) is 52.1 cm³/mol. The molecule has 2 aromatic rings. The molecule has 0 bridgehead atoms. The number of rotatable bonds is 1. The van der Waals surface area contributed by atoms with Crippen molar-refractivity contribution in [2.45, 2.75) is 0 Å². The van der Waals surface area contributed by atoms with E-state index in [1.165, 1.54) is 0 Å². The summed E-state index contributed by atoms with van der Waals surface area (Å²) in [5.41, 5.74) is 1.04. The lowest BCUT2D eigenvalue weighted by Gasteiger charge is -1.90. The Balaban J connectivity index is 2.50. The van der Waals surface area contributed by atoms with Crippen LogP contribution in [0.2, 0.25) is 0 Å². The van der Waals surface area contributed by atoms with Crippen molar-refractivity contribution in [3.05, 3.63) is 34.9 Å². The van der Waals surface area contributed by atoms with Crippen LogP contribution < -0.4 is 0 Å². The Labute approximate surface area is 88.3 Å². The molecule has 0 aliphatic rings. The van der Waals surface area contributed by atoms with Crippen LogP contribution in [0.5, 0.6) is 0 Å². The SMILES string of the molecule is N#Cc1nc(-c2ccncc2)oc1Br. The van der Waals surface area contributed by atoms with E-state index in [0.29, 0.717) is 10.6 Å². The van der Waals surface area contributed by atoms with Gasteiger partial charge in [-0.3, -0.25) is 4.98 Å². The van der Waals surface area contributed by atoms with E-state index < -0.39 is 0 Å². The van der Waals surface area contributed by atoms with Gasteiger partial charge >= 0.3 is 0 Å². The average molecular weight is 250 g/mol. The maximum absolute atomic E-state index is 8.66. The highest BCUT2D eigenvalue weighted by molar-refractivity contribution is 9.10. The smallest absolute Gasteiger partial charge is 0.228 e. The zero-order chi connectivity index (χ0) is 9.97. The second-order valence-corrected chi connectivity index (χ2v) is 3.21. The first kappa shape index (κ1) is 8.91. The number of halogens is 1. The highest BCUT2D eigenvalue weighted by Gasteiger charge is 2.11. The standard InChI is InChI=1S/C9H4BrN3O/c10-8-7(5-11)13-9(14-8)6-1-3-12-4-2-6/h1-4H. The zero-order valence-electron chi connectivity index (χ0n) is 6.94. The first-order chi connectivity index (χ1) is 6.81. The van der Waals surface area contributed by atoms with E-state index in [-0.39, 0.29) is 5.69 Å². The molecule has 2 aromatic heterocycles. The number of aromatic nitrogens is 2. The fraction of sp³-hybridized carbons (Fsp3) is 0. The van der Waals surface area contributed by atoms with Crippen molar-refractivity contribution in [3.63, 3.8) is 0 Å². The molecule has 14 heavy (non-hydrogen) atoms. The van der Waals surface area contributed by atoms with E-state index in [1.807, 2.05) is 6.07 Å². The topological polar surface area (TPSA) is 62.7 Å². The highest BCUT2D eigenvalue weighted by Crippen LogP contribution is 2.24. The Morgan fingerprint density at radius 1 is 1.36 bits per heavy atom. The summed E-state index contributed by atoms with van der Waals surface area (Å²) in [6, 6.07) is 5.44. The summed E-state index contributed by atoms with van der Waals surface area (Å²) < 4.78 is 5.60. The van der Waals surface area contributed by atoms with Gasteiger partial charge in [0.1, 0.15) is 6.07 Å². The van der Waals surface area contributed by atoms with Crippen LogP contribution in [0.25, 0.3) is 11.5 Å². The van der Waals surface area contributed by atoms with Gasteiger partial charge in [0, 0.05) is 18.0 Å². The Morgan fingerprint density at radius 2 is 2.07 bits per heavy atom. The third kappa shape index (κ3) is 1.52. The number of hydrogen-bond donors (Lipinski definition) is 0. The van der Waals surface area contributed by atoms with Crippen molar-refractivity contribution in [3.8, 4) is 17.5 Å². The first-order valence-corrected chi connectivity index (χ1v) is 4.57. The molecule has 0 atom stereocenters. The maximum Gasteiger partial charge on any atom is 0.228 e. The summed E-state index contributed by atoms with van der Waals surface area (Å²) in [6.45, 7) is 0. The van der Waals surface area contributed by atoms with Crippen LogP contribution in [0.4, 0.5) is 0 Å². The van der Waals surface area contributed by atoms with Gasteiger partial charge in [0.05, 0.1) is 0 Å². The third-order valence-corrected chi connectivity index (χ3v) is 2.16. The fourth-order valence-electron chi connectivity index (χ4n) is 0.988. The lowest BCUT2D eigenvalue weighted by atomic mass is 10.3. The maximum atomic E-state index is 8.66. The van der Waals surface area contributed by atoms with Gasteiger partial charge < -0.3 is 4.42 Å². The van der Waals surface area contributed by atoms with Crippen molar-refractivity contribution >= 4 is 15.9 Å². The van der Waals surface area contributed by atoms with Gasteiger partial charge in [-0.25, -0.2) is 0 Å². The van der Waals surface area contributed by atoms with E-state index in [4.69, 9.17) is 9.68 Å². The molecule has 0 N–H and O–H groups in total. The van der Waals surface area contributed by atoms with Gasteiger partial charge in [-0.15, -0.1) is 0 Å². The molecule has 0 unspecified atom stereocenters. The van der Waals surface area contributed by atoms with Crippen molar-refractivity contribution < 1.29 is 4.42 Å². The molecule has 0 saturated heterocycles. The number of nitrogens with zero attached hydrogens (tertiary/aromatic N) is 3. The Kier molecular flexibility index (Phi) is 2.29. The number of oxazole rings is 1. The van der Waals surface area contributed by atoms with Crippen LogP contribution in [0.3, 0.4) is 0 Å². The van der Waals surface area contributed by atoms with Crippen LogP contribution in [0.15, 0.2) is 33.6 Å². The van der Waals surface area contributed by atoms with Gasteiger partial charge in [-0.05, 0) is 28.1 Å². The lowest BCUT2D eigenvalue weighted by Crippen LogP contribution is -1.78. The Hall–Kier alpha value is -1.67. The molecule has 2 rings (SSSR count). The van der Waals surface area contributed by atoms with Gasteiger partial charge in [-0.1, -0.05) is 0 Å². The molecule has 2 heterocycles. The van der Waals surface area contributed by atoms with Gasteiger partial charge in [-0.2, -0.15) is 10.2 Å². The summed E-state index contributed by atoms with van der Waals surface area (Å²) >= 11 is 3.11. The zero-order valence-corrected chi connectivity index (χ0v) is 8.52. The normalized spacial score (nSPS) is 9.71. The van der Waals surface area contributed by atoms with E-state index >= 15 is 0 Å². The second-order valence-electron chi connectivity index (χ2n) is 2.49. The molecule has 0 aromatic carbocycles. The monoisotopic (exact) mass is 249 g/mol. The van der Waals surface area contributed by atoms with E-state index in [2.05, 4.69) is 25.9 Å². The quantitative estimate of drug-likeness (QED) is 0.779. The van der Waals surface area contributed by atoms with Crippen LogP contribution in [0.1, 0.15) is 5.69 Å².